The lowest BCUT2D eigenvalue weighted by Gasteiger charge is -2.32. The van der Waals surface area contributed by atoms with E-state index in [1.54, 1.807) is 0 Å². The maximum Gasteiger partial charge on any atom is 0.426 e. The fraction of sp³-hybridized carbons (Fsp3) is 0.364. The van der Waals surface area contributed by atoms with E-state index in [0.717, 1.165) is 12.1 Å². The highest BCUT2D eigenvalue weighted by atomic mass is 19.4. The number of alkyl halides is 6. The molecule has 0 aliphatic carbocycles. The Morgan fingerprint density at radius 2 is 1.40 bits per heavy atom. The Balaban J connectivity index is 3.21. The van der Waals surface area contributed by atoms with Crippen molar-refractivity contribution in [2.24, 2.45) is 5.16 Å². The second-order valence-corrected chi connectivity index (χ2v) is 3.95. The third-order valence-electron chi connectivity index (χ3n) is 2.59. The van der Waals surface area contributed by atoms with E-state index in [-0.39, 0.29) is 5.56 Å². The number of aliphatic hydroxyl groups is 1. The van der Waals surface area contributed by atoms with Crippen molar-refractivity contribution in [1.82, 2.24) is 0 Å². The van der Waals surface area contributed by atoms with Gasteiger partial charge in [-0.15, -0.1) is 0 Å². The standard InChI is InChI=1S/C11H9F6NO2/c12-10(13,14)9(19,11(15,16)17)6-8(18-20)7-4-2-1-3-5-7/h1-5,19-20H,6H2/b18-8-. The van der Waals surface area contributed by atoms with Crippen LogP contribution in [-0.4, -0.2) is 34.0 Å². The van der Waals surface area contributed by atoms with Crippen LogP contribution in [-0.2, 0) is 0 Å². The summed E-state index contributed by atoms with van der Waals surface area (Å²) in [7, 11) is 0. The average molecular weight is 301 g/mol. The van der Waals surface area contributed by atoms with Gasteiger partial charge in [0.05, 0.1) is 5.71 Å². The molecular weight excluding hydrogens is 292 g/mol. The van der Waals surface area contributed by atoms with Crippen LogP contribution in [0.2, 0.25) is 0 Å². The number of hydrogen-bond acceptors (Lipinski definition) is 3. The van der Waals surface area contributed by atoms with Gasteiger partial charge in [0.1, 0.15) is 0 Å². The zero-order chi connectivity index (χ0) is 15.6. The summed E-state index contributed by atoms with van der Waals surface area (Å²) in [6, 6.07) is 6.45. The molecule has 0 aromatic heterocycles. The molecule has 0 unspecified atom stereocenters. The zero-order valence-electron chi connectivity index (χ0n) is 9.70. The lowest BCUT2D eigenvalue weighted by atomic mass is 9.92. The average Bonchev–Trinajstić information content (AvgIpc) is 2.34. The van der Waals surface area contributed by atoms with Gasteiger partial charge in [0.15, 0.2) is 0 Å². The second kappa shape index (κ2) is 5.31. The monoisotopic (exact) mass is 301 g/mol. The highest BCUT2D eigenvalue weighted by Gasteiger charge is 2.70. The van der Waals surface area contributed by atoms with Gasteiger partial charge in [0, 0.05) is 6.42 Å². The van der Waals surface area contributed by atoms with Crippen molar-refractivity contribution >= 4 is 5.71 Å². The van der Waals surface area contributed by atoms with Crippen LogP contribution in [0.15, 0.2) is 35.5 Å². The molecule has 1 aromatic carbocycles. The third kappa shape index (κ3) is 3.03. The largest absolute Gasteiger partial charge is 0.426 e. The lowest BCUT2D eigenvalue weighted by Crippen LogP contribution is -2.58. The van der Waals surface area contributed by atoms with E-state index in [0.29, 0.717) is 0 Å². The van der Waals surface area contributed by atoms with Gasteiger partial charge in [-0.2, -0.15) is 26.3 Å². The molecule has 0 saturated heterocycles. The normalized spacial score (nSPS) is 14.4. The molecule has 0 bridgehead atoms. The molecule has 0 amide bonds. The number of rotatable bonds is 3. The highest BCUT2D eigenvalue weighted by Crippen LogP contribution is 2.45. The summed E-state index contributed by atoms with van der Waals surface area (Å²) >= 11 is 0. The van der Waals surface area contributed by atoms with Crippen LogP contribution in [0.25, 0.3) is 0 Å². The van der Waals surface area contributed by atoms with E-state index in [9.17, 15) is 26.3 Å². The predicted octanol–water partition coefficient (Wildman–Crippen LogP) is 3.11. The van der Waals surface area contributed by atoms with E-state index < -0.39 is 30.1 Å². The first-order chi connectivity index (χ1) is 9.03. The van der Waals surface area contributed by atoms with Crippen LogP contribution < -0.4 is 0 Å². The molecule has 1 aromatic rings. The molecule has 20 heavy (non-hydrogen) atoms. The highest BCUT2D eigenvalue weighted by molar-refractivity contribution is 6.00. The van der Waals surface area contributed by atoms with Crippen molar-refractivity contribution in [1.29, 1.82) is 0 Å². The zero-order valence-corrected chi connectivity index (χ0v) is 9.70. The minimum absolute atomic E-state index is 0.165. The summed E-state index contributed by atoms with van der Waals surface area (Å²) in [5.41, 5.74) is -6.08. The summed E-state index contributed by atoms with van der Waals surface area (Å²) in [6.45, 7) is 0. The minimum Gasteiger partial charge on any atom is -0.411 e. The van der Waals surface area contributed by atoms with Gasteiger partial charge in [-0.3, -0.25) is 0 Å². The summed E-state index contributed by atoms with van der Waals surface area (Å²) in [6.07, 6.45) is -13.9. The smallest absolute Gasteiger partial charge is 0.411 e. The first-order valence-corrected chi connectivity index (χ1v) is 5.15. The Labute approximate surface area is 109 Å². The molecule has 0 heterocycles. The Bertz CT molecular complexity index is 466. The lowest BCUT2D eigenvalue weighted by molar-refractivity contribution is -0.365. The molecule has 0 aliphatic rings. The van der Waals surface area contributed by atoms with E-state index in [4.69, 9.17) is 10.3 Å². The van der Waals surface area contributed by atoms with Gasteiger partial charge in [-0.1, -0.05) is 35.5 Å². The SMILES string of the molecule is O/N=C(/CC(O)(C(F)(F)F)C(F)(F)F)c1ccccc1. The quantitative estimate of drug-likeness (QED) is 0.390. The van der Waals surface area contributed by atoms with E-state index in [1.165, 1.54) is 18.2 Å². The van der Waals surface area contributed by atoms with Crippen LogP contribution in [0.3, 0.4) is 0 Å². The summed E-state index contributed by atoms with van der Waals surface area (Å²) in [4.78, 5) is 0. The molecule has 0 spiro atoms. The maximum absolute atomic E-state index is 12.5. The molecule has 0 saturated carbocycles. The molecule has 0 atom stereocenters. The van der Waals surface area contributed by atoms with E-state index >= 15 is 0 Å². The van der Waals surface area contributed by atoms with Crippen LogP contribution in [0.4, 0.5) is 26.3 Å². The van der Waals surface area contributed by atoms with Crippen molar-refractivity contribution in [3.8, 4) is 0 Å². The van der Waals surface area contributed by atoms with E-state index in [1.807, 2.05) is 0 Å². The molecular formula is C11H9F6NO2. The number of hydrogen-bond donors (Lipinski definition) is 2. The predicted molar refractivity (Wildman–Crippen MR) is 56.4 cm³/mol. The van der Waals surface area contributed by atoms with Gasteiger partial charge in [-0.05, 0) is 5.56 Å². The van der Waals surface area contributed by atoms with Crippen molar-refractivity contribution in [3.63, 3.8) is 0 Å². The Kier molecular flexibility index (Phi) is 4.33. The van der Waals surface area contributed by atoms with Crippen LogP contribution in [0.5, 0.6) is 0 Å². The molecule has 3 nitrogen and oxygen atoms in total. The van der Waals surface area contributed by atoms with Gasteiger partial charge in [0.2, 0.25) is 0 Å². The molecule has 0 fully saturated rings. The first kappa shape index (κ1) is 16.3. The minimum atomic E-state index is -5.96. The van der Waals surface area contributed by atoms with Gasteiger partial charge in [0.25, 0.3) is 5.60 Å². The Morgan fingerprint density at radius 3 is 1.75 bits per heavy atom. The van der Waals surface area contributed by atoms with Crippen LogP contribution in [0.1, 0.15) is 12.0 Å². The molecule has 0 radical (unpaired) electrons. The van der Waals surface area contributed by atoms with Crippen molar-refractivity contribution < 1.29 is 36.7 Å². The van der Waals surface area contributed by atoms with E-state index in [2.05, 4.69) is 5.16 Å². The molecule has 112 valence electrons. The fourth-order valence-corrected chi connectivity index (χ4v) is 1.43. The van der Waals surface area contributed by atoms with Gasteiger partial charge in [-0.25, -0.2) is 0 Å². The van der Waals surface area contributed by atoms with Crippen LogP contribution >= 0.6 is 0 Å². The summed E-state index contributed by atoms with van der Waals surface area (Å²) in [5.74, 6) is 0. The second-order valence-electron chi connectivity index (χ2n) is 3.95. The van der Waals surface area contributed by atoms with Gasteiger partial charge >= 0.3 is 12.4 Å². The molecule has 1 rings (SSSR count). The molecule has 9 heteroatoms. The summed E-state index contributed by atoms with van der Waals surface area (Å²) in [5, 5.41) is 20.0. The van der Waals surface area contributed by atoms with Crippen molar-refractivity contribution in [2.75, 3.05) is 0 Å². The molecule has 2 N–H and O–H groups in total. The van der Waals surface area contributed by atoms with Crippen LogP contribution in [0, 0.1) is 0 Å². The number of oxime groups is 1. The fourth-order valence-electron chi connectivity index (χ4n) is 1.43. The summed E-state index contributed by atoms with van der Waals surface area (Å²) < 4.78 is 75.0. The topological polar surface area (TPSA) is 52.8 Å². The third-order valence-corrected chi connectivity index (χ3v) is 2.59. The maximum atomic E-state index is 12.5. The number of nitrogens with zero attached hydrogens (tertiary/aromatic N) is 1. The van der Waals surface area contributed by atoms with Crippen molar-refractivity contribution in [3.05, 3.63) is 35.9 Å². The number of halogens is 6. The Morgan fingerprint density at radius 1 is 0.950 bits per heavy atom. The molecule has 0 aliphatic heterocycles. The number of benzene rings is 1. The Hall–Kier alpha value is -1.77. The van der Waals surface area contributed by atoms with Crippen molar-refractivity contribution in [2.45, 2.75) is 24.4 Å². The van der Waals surface area contributed by atoms with Gasteiger partial charge < -0.3 is 10.3 Å². The first-order valence-electron chi connectivity index (χ1n) is 5.15.